The number of aryl methyl sites for hydroxylation is 1. The summed E-state index contributed by atoms with van der Waals surface area (Å²) in [5, 5.41) is 13.5. The number of unbranched alkanes of at least 4 members (excludes halogenated alkanes) is 1. The fourth-order valence-corrected chi connectivity index (χ4v) is 2.24. The number of nitrogens with one attached hydrogen (secondary N) is 1. The van der Waals surface area contributed by atoms with Gasteiger partial charge in [0.05, 0.1) is 17.2 Å². The lowest BCUT2D eigenvalue weighted by atomic mass is 10.2. The Labute approximate surface area is 127 Å². The molecule has 116 valence electrons. The van der Waals surface area contributed by atoms with Crippen LogP contribution in [-0.2, 0) is 16.1 Å². The number of imide groups is 1. The van der Waals surface area contributed by atoms with Crippen LogP contribution in [0.3, 0.4) is 0 Å². The van der Waals surface area contributed by atoms with Crippen molar-refractivity contribution in [1.82, 2.24) is 15.2 Å². The van der Waals surface area contributed by atoms with Crippen molar-refractivity contribution in [3.05, 3.63) is 16.1 Å². The predicted octanol–water partition coefficient (Wildman–Crippen LogP) is 1.76. The molecule has 0 atom stereocenters. The van der Waals surface area contributed by atoms with E-state index in [1.165, 1.54) is 16.2 Å². The molecule has 0 unspecified atom stereocenters. The summed E-state index contributed by atoms with van der Waals surface area (Å²) >= 11 is 1.50. The van der Waals surface area contributed by atoms with Gasteiger partial charge in [-0.25, -0.2) is 9.78 Å². The molecule has 1 aromatic rings. The van der Waals surface area contributed by atoms with Crippen molar-refractivity contribution in [2.24, 2.45) is 0 Å². The van der Waals surface area contributed by atoms with Gasteiger partial charge in [0, 0.05) is 25.3 Å². The number of carboxylic acids is 1. The van der Waals surface area contributed by atoms with Gasteiger partial charge in [0.25, 0.3) is 0 Å². The number of rotatable bonds is 7. The molecule has 3 amide bonds. The van der Waals surface area contributed by atoms with Crippen LogP contribution in [0.4, 0.5) is 4.79 Å². The van der Waals surface area contributed by atoms with Gasteiger partial charge in [-0.3, -0.25) is 14.9 Å². The molecule has 1 aromatic heterocycles. The van der Waals surface area contributed by atoms with Crippen LogP contribution in [0.5, 0.6) is 0 Å². The van der Waals surface area contributed by atoms with E-state index in [0.29, 0.717) is 19.4 Å². The van der Waals surface area contributed by atoms with Crippen molar-refractivity contribution >= 4 is 29.2 Å². The van der Waals surface area contributed by atoms with Gasteiger partial charge in [0.15, 0.2) is 0 Å². The molecule has 0 radical (unpaired) electrons. The zero-order valence-corrected chi connectivity index (χ0v) is 12.9. The number of carbonyl (C=O) groups is 3. The molecular weight excluding hydrogens is 294 g/mol. The molecule has 2 N–H and O–H groups in total. The Morgan fingerprint density at radius 1 is 1.33 bits per heavy atom. The Morgan fingerprint density at radius 3 is 2.57 bits per heavy atom. The Hall–Kier alpha value is -1.96. The lowest BCUT2D eigenvalue weighted by Crippen LogP contribution is -2.40. The third kappa shape index (κ3) is 6.84. The molecule has 0 saturated carbocycles. The van der Waals surface area contributed by atoms with Crippen molar-refractivity contribution in [2.45, 2.75) is 39.2 Å². The molecule has 21 heavy (non-hydrogen) atoms. The van der Waals surface area contributed by atoms with E-state index in [2.05, 4.69) is 10.3 Å². The van der Waals surface area contributed by atoms with Gasteiger partial charge in [-0.05, 0) is 19.8 Å². The number of aromatic nitrogens is 1. The van der Waals surface area contributed by atoms with E-state index < -0.39 is 17.9 Å². The molecule has 0 aliphatic carbocycles. The average molecular weight is 313 g/mol. The molecule has 0 aliphatic rings. The molecule has 0 fully saturated rings. The summed E-state index contributed by atoms with van der Waals surface area (Å²) in [5.41, 5.74) is 0.782. The summed E-state index contributed by atoms with van der Waals surface area (Å²) in [6, 6.07) is -0.483. The molecule has 0 bridgehead atoms. The minimum atomic E-state index is -0.884. The number of carbonyl (C=O) groups excluding carboxylic acids is 2. The molecular formula is C13H19N3O4S. The topological polar surface area (TPSA) is 99.6 Å². The van der Waals surface area contributed by atoms with Crippen LogP contribution < -0.4 is 5.32 Å². The largest absolute Gasteiger partial charge is 0.481 e. The zero-order chi connectivity index (χ0) is 15.8. The molecule has 0 saturated heterocycles. The number of hydrogen-bond acceptors (Lipinski definition) is 5. The van der Waals surface area contributed by atoms with Crippen molar-refractivity contribution in [3.8, 4) is 0 Å². The summed E-state index contributed by atoms with van der Waals surface area (Å²) in [7, 11) is 1.59. The highest BCUT2D eigenvalue weighted by Gasteiger charge is 2.13. The number of thiazole rings is 1. The first kappa shape index (κ1) is 17.1. The normalized spacial score (nSPS) is 10.2. The SMILES string of the molecule is Cc1nc(CN(C)C(=O)NC(=O)CCCCC(=O)O)cs1. The maximum absolute atomic E-state index is 11.8. The molecule has 1 heterocycles. The van der Waals surface area contributed by atoms with Crippen LogP contribution in [0.2, 0.25) is 0 Å². The minimum Gasteiger partial charge on any atom is -0.481 e. The third-order valence-electron chi connectivity index (χ3n) is 2.70. The molecule has 1 rings (SSSR count). The second-order valence-electron chi connectivity index (χ2n) is 4.67. The Morgan fingerprint density at radius 2 is 2.00 bits per heavy atom. The van der Waals surface area contributed by atoms with Gasteiger partial charge in [-0.15, -0.1) is 11.3 Å². The first-order chi connectivity index (χ1) is 9.88. The van der Waals surface area contributed by atoms with Crippen molar-refractivity contribution in [3.63, 3.8) is 0 Å². The number of hydrogen-bond donors (Lipinski definition) is 2. The fourth-order valence-electron chi connectivity index (χ4n) is 1.63. The predicted molar refractivity (Wildman–Crippen MR) is 78.0 cm³/mol. The summed E-state index contributed by atoms with van der Waals surface area (Å²) < 4.78 is 0. The van der Waals surface area contributed by atoms with E-state index in [1.807, 2.05) is 12.3 Å². The van der Waals surface area contributed by atoms with E-state index in [1.54, 1.807) is 7.05 Å². The highest BCUT2D eigenvalue weighted by Crippen LogP contribution is 2.09. The molecule has 7 nitrogen and oxygen atoms in total. The second kappa shape index (κ2) is 8.35. The molecule has 0 aliphatic heterocycles. The monoisotopic (exact) mass is 313 g/mol. The first-order valence-corrected chi connectivity index (χ1v) is 7.44. The van der Waals surface area contributed by atoms with Gasteiger partial charge < -0.3 is 10.0 Å². The standard InChI is InChI=1S/C13H19N3O4S/c1-9-14-10(8-21-9)7-16(2)13(20)15-11(17)5-3-4-6-12(18)19/h8H,3-7H2,1-2H3,(H,18,19)(H,15,17,20). The number of carboxylic acid groups (broad SMARTS) is 1. The molecule has 0 spiro atoms. The Kier molecular flexibility index (Phi) is 6.80. The van der Waals surface area contributed by atoms with E-state index in [9.17, 15) is 14.4 Å². The minimum absolute atomic E-state index is 0.0320. The lowest BCUT2D eigenvalue weighted by molar-refractivity contribution is -0.137. The molecule has 8 heteroatoms. The zero-order valence-electron chi connectivity index (χ0n) is 12.1. The maximum Gasteiger partial charge on any atom is 0.324 e. The van der Waals surface area contributed by atoms with Crippen LogP contribution in [-0.4, -0.2) is 39.9 Å². The number of urea groups is 1. The van der Waals surface area contributed by atoms with Crippen molar-refractivity contribution in [1.29, 1.82) is 0 Å². The maximum atomic E-state index is 11.8. The fraction of sp³-hybridized carbons (Fsp3) is 0.538. The summed E-state index contributed by atoms with van der Waals surface area (Å²) in [5.74, 6) is -1.28. The van der Waals surface area contributed by atoms with Crippen LogP contribution in [0.1, 0.15) is 36.4 Å². The highest BCUT2D eigenvalue weighted by atomic mass is 32.1. The number of amides is 3. The Bertz CT molecular complexity index is 515. The van der Waals surface area contributed by atoms with Crippen LogP contribution in [0.15, 0.2) is 5.38 Å². The van der Waals surface area contributed by atoms with Crippen LogP contribution in [0.25, 0.3) is 0 Å². The van der Waals surface area contributed by atoms with Crippen molar-refractivity contribution in [2.75, 3.05) is 7.05 Å². The van der Waals surface area contributed by atoms with E-state index in [0.717, 1.165) is 10.7 Å². The van der Waals surface area contributed by atoms with E-state index >= 15 is 0 Å². The van der Waals surface area contributed by atoms with E-state index in [-0.39, 0.29) is 12.8 Å². The summed E-state index contributed by atoms with van der Waals surface area (Å²) in [6.07, 6.45) is 1.04. The van der Waals surface area contributed by atoms with Gasteiger partial charge >= 0.3 is 12.0 Å². The van der Waals surface area contributed by atoms with Crippen LogP contribution in [0, 0.1) is 6.92 Å². The van der Waals surface area contributed by atoms with Gasteiger partial charge in [0.1, 0.15) is 0 Å². The first-order valence-electron chi connectivity index (χ1n) is 6.56. The molecule has 0 aromatic carbocycles. The smallest absolute Gasteiger partial charge is 0.324 e. The van der Waals surface area contributed by atoms with Gasteiger partial charge in [-0.2, -0.15) is 0 Å². The second-order valence-corrected chi connectivity index (χ2v) is 5.73. The van der Waals surface area contributed by atoms with Crippen LogP contribution >= 0.6 is 11.3 Å². The van der Waals surface area contributed by atoms with Crippen molar-refractivity contribution < 1.29 is 19.5 Å². The Balaban J connectivity index is 2.28. The summed E-state index contributed by atoms with van der Waals surface area (Å²) in [6.45, 7) is 2.22. The van der Waals surface area contributed by atoms with Gasteiger partial charge in [0.2, 0.25) is 5.91 Å². The van der Waals surface area contributed by atoms with E-state index in [4.69, 9.17) is 5.11 Å². The third-order valence-corrected chi connectivity index (χ3v) is 3.53. The quantitative estimate of drug-likeness (QED) is 0.747. The average Bonchev–Trinajstić information content (AvgIpc) is 2.79. The van der Waals surface area contributed by atoms with Gasteiger partial charge in [-0.1, -0.05) is 0 Å². The number of aliphatic carboxylic acids is 1. The summed E-state index contributed by atoms with van der Waals surface area (Å²) in [4.78, 5) is 39.3. The number of nitrogens with zero attached hydrogens (tertiary/aromatic N) is 2. The lowest BCUT2D eigenvalue weighted by Gasteiger charge is -2.16. The highest BCUT2D eigenvalue weighted by molar-refractivity contribution is 7.09.